The summed E-state index contributed by atoms with van der Waals surface area (Å²) in [4.78, 5) is 30.6. The molecule has 0 atom stereocenters. The van der Waals surface area contributed by atoms with Gasteiger partial charge in [-0.2, -0.15) is 4.98 Å². The van der Waals surface area contributed by atoms with Crippen LogP contribution in [0.2, 0.25) is 0 Å². The van der Waals surface area contributed by atoms with Gasteiger partial charge in [0.1, 0.15) is 5.75 Å². The third kappa shape index (κ3) is 4.50. The number of piperazine rings is 1. The topological polar surface area (TPSA) is 88.4 Å². The van der Waals surface area contributed by atoms with Crippen molar-refractivity contribution >= 4 is 28.4 Å². The molecule has 0 amide bonds. The van der Waals surface area contributed by atoms with E-state index in [2.05, 4.69) is 44.3 Å². The number of anilines is 3. The van der Waals surface area contributed by atoms with Crippen LogP contribution in [0.5, 0.6) is 5.75 Å². The molecule has 2 aliphatic rings. The van der Waals surface area contributed by atoms with Gasteiger partial charge in [-0.25, -0.2) is 14.8 Å². The van der Waals surface area contributed by atoms with Gasteiger partial charge < -0.3 is 19.9 Å². The number of nitrogens with one attached hydrogen (secondary N) is 1. The molecule has 0 radical (unpaired) electrons. The van der Waals surface area contributed by atoms with Crippen LogP contribution in [0.1, 0.15) is 38.1 Å². The lowest BCUT2D eigenvalue weighted by molar-refractivity contribution is 0.312. The maximum absolute atomic E-state index is 12.7. The molecule has 1 N–H and O–H groups in total. The molecule has 9 heteroatoms. The lowest BCUT2D eigenvalue weighted by Gasteiger charge is -2.34. The summed E-state index contributed by atoms with van der Waals surface area (Å²) in [7, 11) is 3.82. The summed E-state index contributed by atoms with van der Waals surface area (Å²) in [5.74, 6) is 1.16. The SMILES string of the molecule is COc1cc(N2CCN(C)CC2)ccc1Nc1ncc2cnc(=O)n(C3CCCCC3)c2n1. The molecule has 3 heterocycles. The van der Waals surface area contributed by atoms with Gasteiger partial charge in [-0.1, -0.05) is 19.3 Å². The average molecular weight is 450 g/mol. The summed E-state index contributed by atoms with van der Waals surface area (Å²) in [5.41, 5.74) is 2.32. The first-order valence-electron chi connectivity index (χ1n) is 11.8. The molecule has 174 valence electrons. The molecular formula is C24H31N7O2. The van der Waals surface area contributed by atoms with Gasteiger partial charge in [0.15, 0.2) is 5.65 Å². The van der Waals surface area contributed by atoms with Crippen LogP contribution < -0.4 is 20.6 Å². The highest BCUT2D eigenvalue weighted by Crippen LogP contribution is 2.33. The van der Waals surface area contributed by atoms with Crippen molar-refractivity contribution in [2.75, 3.05) is 50.6 Å². The number of hydrogen-bond acceptors (Lipinski definition) is 8. The summed E-state index contributed by atoms with van der Waals surface area (Å²) in [6, 6.07) is 6.29. The van der Waals surface area contributed by atoms with E-state index in [1.54, 1.807) is 24.1 Å². The van der Waals surface area contributed by atoms with Crippen LogP contribution in [0, 0.1) is 0 Å². The minimum Gasteiger partial charge on any atom is -0.494 e. The predicted octanol–water partition coefficient (Wildman–Crippen LogP) is 3.20. The molecular weight excluding hydrogens is 418 g/mol. The zero-order valence-corrected chi connectivity index (χ0v) is 19.3. The monoisotopic (exact) mass is 449 g/mol. The number of likely N-dealkylation sites (N-methyl/N-ethyl adjacent to an activating group) is 1. The first kappa shape index (κ1) is 21.6. The number of nitrogens with zero attached hydrogens (tertiary/aromatic N) is 6. The van der Waals surface area contributed by atoms with E-state index in [0.29, 0.717) is 11.6 Å². The van der Waals surface area contributed by atoms with Crippen molar-refractivity contribution < 1.29 is 4.74 Å². The van der Waals surface area contributed by atoms with Gasteiger partial charge in [0.05, 0.1) is 18.2 Å². The van der Waals surface area contributed by atoms with E-state index in [1.165, 1.54) is 6.42 Å². The summed E-state index contributed by atoms with van der Waals surface area (Å²) >= 11 is 0. The number of methoxy groups -OCH3 is 1. The van der Waals surface area contributed by atoms with Crippen molar-refractivity contribution in [1.82, 2.24) is 24.4 Å². The molecule has 5 rings (SSSR count). The van der Waals surface area contributed by atoms with Gasteiger partial charge in [0.25, 0.3) is 0 Å². The zero-order valence-electron chi connectivity index (χ0n) is 19.3. The van der Waals surface area contributed by atoms with Crippen molar-refractivity contribution in [3.05, 3.63) is 41.1 Å². The van der Waals surface area contributed by atoms with Crippen molar-refractivity contribution in [3.63, 3.8) is 0 Å². The van der Waals surface area contributed by atoms with E-state index in [9.17, 15) is 4.79 Å². The summed E-state index contributed by atoms with van der Waals surface area (Å²) in [5, 5.41) is 4.06. The maximum Gasteiger partial charge on any atom is 0.349 e. The van der Waals surface area contributed by atoms with Crippen LogP contribution >= 0.6 is 0 Å². The molecule has 0 unspecified atom stereocenters. The normalized spacial score (nSPS) is 17.9. The highest BCUT2D eigenvalue weighted by atomic mass is 16.5. The second-order valence-corrected chi connectivity index (χ2v) is 8.98. The fourth-order valence-corrected chi connectivity index (χ4v) is 4.84. The van der Waals surface area contributed by atoms with Crippen LogP contribution in [-0.2, 0) is 0 Å². The molecule has 1 aromatic carbocycles. The van der Waals surface area contributed by atoms with Crippen molar-refractivity contribution in [2.45, 2.75) is 38.1 Å². The third-order valence-corrected chi connectivity index (χ3v) is 6.78. The maximum atomic E-state index is 12.7. The fourth-order valence-electron chi connectivity index (χ4n) is 4.84. The Bertz CT molecular complexity index is 1180. The van der Waals surface area contributed by atoms with Crippen LogP contribution in [0.3, 0.4) is 0 Å². The molecule has 1 aliphatic carbocycles. The Morgan fingerprint density at radius 1 is 1.03 bits per heavy atom. The molecule has 3 aromatic rings. The van der Waals surface area contributed by atoms with Crippen molar-refractivity contribution in [3.8, 4) is 5.75 Å². The number of fused-ring (bicyclic) bond motifs is 1. The minimum atomic E-state index is -0.242. The molecule has 1 saturated carbocycles. The highest BCUT2D eigenvalue weighted by Gasteiger charge is 2.21. The summed E-state index contributed by atoms with van der Waals surface area (Å²) in [6.07, 6.45) is 8.72. The molecule has 1 aliphatic heterocycles. The standard InChI is InChI=1S/C24H31N7O2/c1-29-10-12-30(13-11-29)19-8-9-20(21(14-19)33-2)27-23-25-15-17-16-26-24(32)31(22(17)28-23)18-6-4-3-5-7-18/h8-9,14-16,18H,3-7,10-13H2,1-2H3,(H,25,27,28). The number of aromatic nitrogens is 4. The Balaban J connectivity index is 1.44. The minimum absolute atomic E-state index is 0.141. The quantitative estimate of drug-likeness (QED) is 0.635. The first-order chi connectivity index (χ1) is 16.1. The molecule has 0 spiro atoms. The van der Waals surface area contributed by atoms with E-state index in [0.717, 1.165) is 74.4 Å². The second kappa shape index (κ2) is 9.35. The Hall–Kier alpha value is -3.20. The largest absolute Gasteiger partial charge is 0.494 e. The number of rotatable bonds is 5. The zero-order chi connectivity index (χ0) is 22.8. The molecule has 2 aromatic heterocycles. The number of hydrogen-bond donors (Lipinski definition) is 1. The van der Waals surface area contributed by atoms with Crippen LogP contribution in [0.25, 0.3) is 11.0 Å². The first-order valence-corrected chi connectivity index (χ1v) is 11.8. The molecule has 1 saturated heterocycles. The third-order valence-electron chi connectivity index (χ3n) is 6.78. The molecule has 9 nitrogen and oxygen atoms in total. The Morgan fingerprint density at radius 2 is 1.79 bits per heavy atom. The number of benzene rings is 1. The number of ether oxygens (including phenoxy) is 1. The Labute approximate surface area is 193 Å². The molecule has 33 heavy (non-hydrogen) atoms. The molecule has 2 fully saturated rings. The van der Waals surface area contributed by atoms with Gasteiger partial charge in [-0.15, -0.1) is 0 Å². The smallest absolute Gasteiger partial charge is 0.349 e. The fraction of sp³-hybridized carbons (Fsp3) is 0.500. The summed E-state index contributed by atoms with van der Waals surface area (Å²) in [6.45, 7) is 4.08. The van der Waals surface area contributed by atoms with Crippen LogP contribution in [0.15, 0.2) is 35.4 Å². The van der Waals surface area contributed by atoms with Gasteiger partial charge in [-0.3, -0.25) is 4.57 Å². The van der Waals surface area contributed by atoms with Gasteiger partial charge in [0.2, 0.25) is 5.95 Å². The van der Waals surface area contributed by atoms with Crippen LogP contribution in [-0.4, -0.2) is 64.8 Å². The van der Waals surface area contributed by atoms with Gasteiger partial charge in [0, 0.05) is 56.4 Å². The van der Waals surface area contributed by atoms with Crippen molar-refractivity contribution in [2.24, 2.45) is 0 Å². The van der Waals surface area contributed by atoms with Crippen LogP contribution in [0.4, 0.5) is 17.3 Å². The Morgan fingerprint density at radius 3 is 2.55 bits per heavy atom. The van der Waals surface area contributed by atoms with Crippen molar-refractivity contribution in [1.29, 1.82) is 0 Å². The van der Waals surface area contributed by atoms with E-state index in [-0.39, 0.29) is 11.7 Å². The lowest BCUT2D eigenvalue weighted by atomic mass is 9.95. The molecule has 0 bridgehead atoms. The predicted molar refractivity (Wildman–Crippen MR) is 130 cm³/mol. The Kier molecular flexibility index (Phi) is 6.13. The lowest BCUT2D eigenvalue weighted by Crippen LogP contribution is -2.44. The highest BCUT2D eigenvalue weighted by molar-refractivity contribution is 5.76. The van der Waals surface area contributed by atoms with E-state index in [1.807, 2.05) is 6.07 Å². The second-order valence-electron chi connectivity index (χ2n) is 8.98. The average Bonchev–Trinajstić information content (AvgIpc) is 2.85. The van der Waals surface area contributed by atoms with Gasteiger partial charge >= 0.3 is 5.69 Å². The van der Waals surface area contributed by atoms with E-state index < -0.39 is 0 Å². The van der Waals surface area contributed by atoms with E-state index >= 15 is 0 Å². The summed E-state index contributed by atoms with van der Waals surface area (Å²) < 4.78 is 7.43. The van der Waals surface area contributed by atoms with E-state index in [4.69, 9.17) is 9.72 Å². The van der Waals surface area contributed by atoms with Gasteiger partial charge in [-0.05, 0) is 32.0 Å².